The fourth-order valence-corrected chi connectivity index (χ4v) is 2.67. The highest BCUT2D eigenvalue weighted by Crippen LogP contribution is 2.34. The molecule has 0 aromatic carbocycles. The van der Waals surface area contributed by atoms with Crippen LogP contribution in [0.3, 0.4) is 0 Å². The van der Waals surface area contributed by atoms with Crippen LogP contribution in [0.25, 0.3) is 0 Å². The zero-order valence-corrected chi connectivity index (χ0v) is 11.5. The molecule has 6 nitrogen and oxygen atoms in total. The Morgan fingerprint density at radius 2 is 2.11 bits per heavy atom. The molecule has 0 aromatic rings. The van der Waals surface area contributed by atoms with E-state index in [1.807, 2.05) is 7.05 Å². The van der Waals surface area contributed by atoms with Crippen molar-refractivity contribution in [2.45, 2.75) is 38.3 Å². The summed E-state index contributed by atoms with van der Waals surface area (Å²) in [5, 5.41) is 11.1. The molecule has 1 rings (SSSR count). The predicted molar refractivity (Wildman–Crippen MR) is 70.4 cm³/mol. The van der Waals surface area contributed by atoms with E-state index in [9.17, 15) is 4.79 Å². The molecule has 0 spiro atoms. The molecule has 0 atom stereocenters. The fraction of sp³-hybridized carbons (Fsp3) is 0.833. The molecule has 1 aliphatic carbocycles. The van der Waals surface area contributed by atoms with Crippen molar-refractivity contribution < 1.29 is 9.53 Å². The van der Waals surface area contributed by atoms with Crippen LogP contribution >= 0.6 is 0 Å². The molecule has 0 aliphatic heterocycles. The Kier molecular flexibility index (Phi) is 5.10. The average molecular weight is 256 g/mol. The third kappa shape index (κ3) is 3.20. The Labute approximate surface area is 108 Å². The van der Waals surface area contributed by atoms with Crippen LogP contribution in [0.15, 0.2) is 0 Å². The Hall–Kier alpha value is -1.14. The first-order valence-electron chi connectivity index (χ1n) is 6.41. The van der Waals surface area contributed by atoms with Crippen molar-refractivity contribution in [1.29, 1.82) is 5.41 Å². The van der Waals surface area contributed by atoms with Crippen LogP contribution in [0.2, 0.25) is 0 Å². The van der Waals surface area contributed by atoms with Crippen LogP contribution in [-0.4, -0.2) is 43.2 Å². The number of nitrogens with one attached hydrogen (secondary N) is 2. The van der Waals surface area contributed by atoms with Crippen molar-refractivity contribution in [3.05, 3.63) is 0 Å². The summed E-state index contributed by atoms with van der Waals surface area (Å²) in [6, 6.07) is 0. The van der Waals surface area contributed by atoms with Crippen molar-refractivity contribution in [2.24, 2.45) is 11.7 Å². The van der Waals surface area contributed by atoms with E-state index in [-0.39, 0.29) is 17.5 Å². The lowest BCUT2D eigenvalue weighted by molar-refractivity contribution is 0.0439. The second-order valence-corrected chi connectivity index (χ2v) is 4.86. The van der Waals surface area contributed by atoms with Crippen LogP contribution in [0.5, 0.6) is 0 Å². The van der Waals surface area contributed by atoms with Crippen molar-refractivity contribution in [3.8, 4) is 0 Å². The van der Waals surface area contributed by atoms with Gasteiger partial charge in [0.25, 0.3) is 0 Å². The van der Waals surface area contributed by atoms with E-state index in [4.69, 9.17) is 11.1 Å². The molecule has 18 heavy (non-hydrogen) atoms. The van der Waals surface area contributed by atoms with Gasteiger partial charge in [0.05, 0.1) is 5.66 Å². The summed E-state index contributed by atoms with van der Waals surface area (Å²) in [6.45, 7) is 3.10. The first kappa shape index (κ1) is 14.9. The third-order valence-electron chi connectivity index (χ3n) is 4.06. The summed E-state index contributed by atoms with van der Waals surface area (Å²) in [5.74, 6) is 0.00980. The molecular weight excluding hydrogens is 232 g/mol. The summed E-state index contributed by atoms with van der Waals surface area (Å²) in [4.78, 5) is 12.9. The van der Waals surface area contributed by atoms with Gasteiger partial charge in [-0.2, -0.15) is 0 Å². The SMILES string of the molecule is CCN(C)C1(NC)CCC(C(=N)OC(N)=O)CC1. The topological polar surface area (TPSA) is 91.4 Å². The number of hydrogen-bond donors (Lipinski definition) is 3. The number of carbonyl (C=O) groups is 1. The van der Waals surface area contributed by atoms with Crippen LogP contribution in [-0.2, 0) is 4.74 Å². The molecule has 1 saturated carbocycles. The number of nitrogens with two attached hydrogens (primary N) is 1. The Balaban J connectivity index is 2.58. The fourth-order valence-electron chi connectivity index (χ4n) is 2.67. The number of ether oxygens (including phenoxy) is 1. The molecule has 104 valence electrons. The molecular formula is C12H24N4O2. The van der Waals surface area contributed by atoms with Crippen LogP contribution in [0.4, 0.5) is 4.79 Å². The Morgan fingerprint density at radius 3 is 2.50 bits per heavy atom. The summed E-state index contributed by atoms with van der Waals surface area (Å²) in [7, 11) is 4.07. The smallest absolute Gasteiger partial charge is 0.396 e. The highest BCUT2D eigenvalue weighted by Gasteiger charge is 2.38. The monoisotopic (exact) mass is 256 g/mol. The van der Waals surface area contributed by atoms with Crippen LogP contribution in [0.1, 0.15) is 32.6 Å². The number of hydrogen-bond acceptors (Lipinski definition) is 5. The zero-order valence-electron chi connectivity index (χ0n) is 11.5. The molecule has 1 fully saturated rings. The normalized spacial score (nSPS) is 28.1. The van der Waals surface area contributed by atoms with Crippen molar-refractivity contribution >= 4 is 12.0 Å². The minimum atomic E-state index is -0.892. The Morgan fingerprint density at radius 1 is 1.56 bits per heavy atom. The lowest BCUT2D eigenvalue weighted by atomic mass is 9.80. The summed E-state index contributed by atoms with van der Waals surface area (Å²) in [5.41, 5.74) is 4.92. The Bertz CT molecular complexity index is 311. The van der Waals surface area contributed by atoms with Gasteiger partial charge in [-0.05, 0) is 46.3 Å². The maximum absolute atomic E-state index is 10.6. The highest BCUT2D eigenvalue weighted by atomic mass is 16.6. The first-order valence-corrected chi connectivity index (χ1v) is 6.41. The molecule has 0 saturated heterocycles. The van der Waals surface area contributed by atoms with Gasteiger partial charge in [-0.1, -0.05) is 6.92 Å². The molecule has 0 unspecified atom stereocenters. The molecule has 6 heteroatoms. The number of primary amides is 1. The van der Waals surface area contributed by atoms with Gasteiger partial charge in [-0.25, -0.2) is 4.79 Å². The predicted octanol–water partition coefficient (Wildman–Crippen LogP) is 1.12. The number of nitrogens with zero attached hydrogens (tertiary/aromatic N) is 1. The molecule has 0 heterocycles. The largest absolute Gasteiger partial charge is 0.411 e. The second kappa shape index (κ2) is 6.15. The van der Waals surface area contributed by atoms with Gasteiger partial charge in [-0.3, -0.25) is 10.3 Å². The van der Waals surface area contributed by atoms with E-state index in [2.05, 4.69) is 28.9 Å². The molecule has 0 bridgehead atoms. The van der Waals surface area contributed by atoms with Crippen LogP contribution < -0.4 is 11.1 Å². The lowest BCUT2D eigenvalue weighted by Gasteiger charge is -2.46. The number of carbonyl (C=O) groups excluding carboxylic acids is 1. The van der Waals surface area contributed by atoms with Crippen molar-refractivity contribution in [2.75, 3.05) is 20.6 Å². The van der Waals surface area contributed by atoms with Gasteiger partial charge < -0.3 is 15.8 Å². The summed E-state index contributed by atoms with van der Waals surface area (Å²) in [6.07, 6.45) is 2.64. The standard InChI is InChI=1S/C12H24N4O2/c1-4-16(3)12(15-2)7-5-9(6-8-12)10(13)18-11(14)17/h9,13,15H,4-8H2,1-3H3,(H2,14,17). The first-order chi connectivity index (χ1) is 8.45. The maximum Gasteiger partial charge on any atom is 0.411 e. The summed E-state index contributed by atoms with van der Waals surface area (Å²) >= 11 is 0. The summed E-state index contributed by atoms with van der Waals surface area (Å²) < 4.78 is 4.67. The zero-order chi connectivity index (χ0) is 13.8. The van der Waals surface area contributed by atoms with Gasteiger partial charge in [0.15, 0.2) is 5.90 Å². The minimum Gasteiger partial charge on any atom is -0.396 e. The maximum atomic E-state index is 10.6. The quantitative estimate of drug-likeness (QED) is 0.399. The molecule has 4 N–H and O–H groups in total. The molecule has 1 amide bonds. The number of amides is 1. The van der Waals surface area contributed by atoms with Gasteiger partial charge in [-0.15, -0.1) is 0 Å². The van der Waals surface area contributed by atoms with Gasteiger partial charge >= 0.3 is 6.09 Å². The van der Waals surface area contributed by atoms with Crippen molar-refractivity contribution in [1.82, 2.24) is 10.2 Å². The highest BCUT2D eigenvalue weighted by molar-refractivity contribution is 5.86. The van der Waals surface area contributed by atoms with E-state index in [1.54, 1.807) is 0 Å². The lowest BCUT2D eigenvalue weighted by Crippen LogP contribution is -2.58. The van der Waals surface area contributed by atoms with Gasteiger partial charge in [0.2, 0.25) is 0 Å². The molecule has 1 aliphatic rings. The number of rotatable bonds is 4. The van der Waals surface area contributed by atoms with E-state index in [1.165, 1.54) is 0 Å². The van der Waals surface area contributed by atoms with E-state index in [0.29, 0.717) is 0 Å². The van der Waals surface area contributed by atoms with Gasteiger partial charge in [0, 0.05) is 5.92 Å². The third-order valence-corrected chi connectivity index (χ3v) is 4.06. The van der Waals surface area contributed by atoms with E-state index >= 15 is 0 Å². The average Bonchev–Trinajstić information content (AvgIpc) is 2.37. The molecule has 0 radical (unpaired) electrons. The van der Waals surface area contributed by atoms with E-state index < -0.39 is 6.09 Å². The van der Waals surface area contributed by atoms with Crippen LogP contribution in [0, 0.1) is 11.3 Å². The minimum absolute atomic E-state index is 0.00173. The second-order valence-electron chi connectivity index (χ2n) is 4.86. The van der Waals surface area contributed by atoms with Crippen molar-refractivity contribution in [3.63, 3.8) is 0 Å². The van der Waals surface area contributed by atoms with Gasteiger partial charge in [0.1, 0.15) is 0 Å². The van der Waals surface area contributed by atoms with E-state index in [0.717, 1.165) is 32.2 Å². The molecule has 0 aromatic heterocycles.